The van der Waals surface area contributed by atoms with Crippen molar-refractivity contribution in [2.75, 3.05) is 30.3 Å². The van der Waals surface area contributed by atoms with Crippen molar-refractivity contribution in [3.8, 4) is 11.1 Å². The lowest BCUT2D eigenvalue weighted by atomic mass is 9.91. The van der Waals surface area contributed by atoms with Crippen molar-refractivity contribution in [1.29, 1.82) is 0 Å². The van der Waals surface area contributed by atoms with Crippen molar-refractivity contribution in [1.82, 2.24) is 4.98 Å². The number of ether oxygens (including phenoxy) is 1. The number of aliphatic hydroxyl groups excluding tert-OH is 1. The van der Waals surface area contributed by atoms with Crippen molar-refractivity contribution in [2.24, 2.45) is 0 Å². The van der Waals surface area contributed by atoms with Crippen molar-refractivity contribution >= 4 is 17.3 Å². The van der Waals surface area contributed by atoms with Crippen LogP contribution >= 0.6 is 0 Å². The van der Waals surface area contributed by atoms with Crippen LogP contribution in [0.5, 0.6) is 0 Å². The summed E-state index contributed by atoms with van der Waals surface area (Å²) in [5.41, 5.74) is 9.03. The van der Waals surface area contributed by atoms with Gasteiger partial charge >= 0.3 is 0 Å². The van der Waals surface area contributed by atoms with Gasteiger partial charge in [-0.05, 0) is 43.2 Å². The Morgan fingerprint density at radius 1 is 1.18 bits per heavy atom. The molecule has 0 amide bonds. The normalized spacial score (nSPS) is 19.1. The van der Waals surface area contributed by atoms with Crippen LogP contribution in [0.3, 0.4) is 0 Å². The van der Waals surface area contributed by atoms with Crippen molar-refractivity contribution in [3.05, 3.63) is 77.7 Å². The second kappa shape index (κ2) is 10.3. The first-order valence-electron chi connectivity index (χ1n) is 11.5. The summed E-state index contributed by atoms with van der Waals surface area (Å²) in [6.45, 7) is 5.32. The first-order valence-corrected chi connectivity index (χ1v) is 11.5. The molecule has 2 aromatic carbocycles. The molecule has 1 fully saturated rings. The Kier molecular flexibility index (Phi) is 7.24. The smallest absolute Gasteiger partial charge is 0.166 e. The third-order valence-corrected chi connectivity index (χ3v) is 6.19. The predicted octanol–water partition coefficient (Wildman–Crippen LogP) is 4.43. The van der Waals surface area contributed by atoms with E-state index in [1.165, 1.54) is 12.1 Å². The van der Waals surface area contributed by atoms with Gasteiger partial charge in [-0.15, -0.1) is 0 Å². The number of hydrogen-bond donors (Lipinski definition) is 2. The minimum atomic E-state index is -0.620. The average Bonchev–Trinajstić information content (AvgIpc) is 2.82. The Bertz CT molecular complexity index is 1150. The van der Waals surface area contributed by atoms with E-state index in [0.717, 1.165) is 24.3 Å². The highest BCUT2D eigenvalue weighted by atomic mass is 19.1. The van der Waals surface area contributed by atoms with Crippen molar-refractivity contribution < 1.29 is 19.0 Å². The number of carbonyl (C=O) groups is 1. The number of aromatic nitrogens is 1. The van der Waals surface area contributed by atoms with E-state index in [0.29, 0.717) is 16.9 Å². The second-order valence-electron chi connectivity index (χ2n) is 8.90. The van der Waals surface area contributed by atoms with E-state index in [-0.39, 0.29) is 42.5 Å². The molecule has 1 aliphatic rings. The largest absolute Gasteiger partial charge is 0.396 e. The van der Waals surface area contributed by atoms with E-state index in [1.54, 1.807) is 12.3 Å². The molecule has 0 radical (unpaired) electrons. The third kappa shape index (κ3) is 5.26. The SMILES string of the molecule is C[C@@H]1CN(c2cnc(N)c(-c3ccc(C(=O)C[C@H](CO)c4ccccc4)c(F)c3)c2)C[C@H](C)O1. The van der Waals surface area contributed by atoms with Crippen molar-refractivity contribution in [3.63, 3.8) is 0 Å². The van der Waals surface area contributed by atoms with Gasteiger partial charge < -0.3 is 20.5 Å². The van der Waals surface area contributed by atoms with Crippen LogP contribution < -0.4 is 10.6 Å². The molecule has 3 N–H and O–H groups in total. The lowest BCUT2D eigenvalue weighted by Crippen LogP contribution is -2.45. The van der Waals surface area contributed by atoms with Gasteiger partial charge in [-0.2, -0.15) is 0 Å². The van der Waals surface area contributed by atoms with Crippen LogP contribution in [0.1, 0.15) is 42.1 Å². The van der Waals surface area contributed by atoms with Crippen LogP contribution in [-0.4, -0.2) is 47.8 Å². The van der Waals surface area contributed by atoms with Crippen LogP contribution in [0, 0.1) is 5.82 Å². The van der Waals surface area contributed by atoms with Gasteiger partial charge in [0.1, 0.15) is 11.6 Å². The highest BCUT2D eigenvalue weighted by Gasteiger charge is 2.24. The number of aliphatic hydroxyl groups is 1. The maximum absolute atomic E-state index is 15.1. The van der Waals surface area contributed by atoms with E-state index in [2.05, 4.69) is 9.88 Å². The Balaban J connectivity index is 1.56. The summed E-state index contributed by atoms with van der Waals surface area (Å²) in [7, 11) is 0. The molecule has 2 heterocycles. The topological polar surface area (TPSA) is 88.7 Å². The van der Waals surface area contributed by atoms with Gasteiger partial charge in [-0.25, -0.2) is 9.37 Å². The number of morpholine rings is 1. The molecule has 0 aliphatic carbocycles. The zero-order valence-electron chi connectivity index (χ0n) is 19.4. The molecule has 0 spiro atoms. The summed E-state index contributed by atoms with van der Waals surface area (Å²) in [5.74, 6) is -1.07. The zero-order valence-corrected chi connectivity index (χ0v) is 19.4. The van der Waals surface area contributed by atoms with Gasteiger partial charge in [0, 0.05) is 31.0 Å². The minimum Gasteiger partial charge on any atom is -0.396 e. The molecular weight excluding hydrogens is 433 g/mol. The summed E-state index contributed by atoms with van der Waals surface area (Å²) in [4.78, 5) is 19.4. The van der Waals surface area contributed by atoms with Gasteiger partial charge in [0.05, 0.1) is 36.3 Å². The maximum Gasteiger partial charge on any atom is 0.166 e. The highest BCUT2D eigenvalue weighted by molar-refractivity contribution is 5.97. The van der Waals surface area contributed by atoms with Crippen LogP contribution in [0.15, 0.2) is 60.8 Å². The number of carbonyl (C=O) groups excluding carboxylic acids is 1. The van der Waals surface area contributed by atoms with E-state index in [1.807, 2.05) is 50.2 Å². The lowest BCUT2D eigenvalue weighted by Gasteiger charge is -2.36. The van der Waals surface area contributed by atoms with Gasteiger partial charge in [0.15, 0.2) is 5.78 Å². The Labute approximate surface area is 199 Å². The standard InChI is InChI=1S/C27H30FN3O3/c1-17-14-31(15-18(2)34-17)22-12-24(27(29)30-13-22)20-8-9-23(25(28)10-20)26(33)11-21(16-32)19-6-4-3-5-7-19/h3-10,12-13,17-18,21,32H,11,14-16H2,1-2H3,(H2,29,30)/t17-,18+,21-/m1/s1. The highest BCUT2D eigenvalue weighted by Crippen LogP contribution is 2.32. The molecule has 0 saturated carbocycles. The first-order chi connectivity index (χ1) is 16.4. The lowest BCUT2D eigenvalue weighted by molar-refractivity contribution is -0.00523. The Morgan fingerprint density at radius 2 is 1.88 bits per heavy atom. The number of rotatable bonds is 7. The Hall–Kier alpha value is -3.29. The number of Topliss-reactive ketones (excluding diaryl/α,β-unsaturated/α-hetero) is 1. The van der Waals surface area contributed by atoms with Gasteiger partial charge in [-0.1, -0.05) is 36.4 Å². The molecule has 0 unspecified atom stereocenters. The summed E-state index contributed by atoms with van der Waals surface area (Å²) >= 11 is 0. The van der Waals surface area contributed by atoms with Gasteiger partial charge in [0.2, 0.25) is 0 Å². The number of nitrogen functional groups attached to an aromatic ring is 1. The third-order valence-electron chi connectivity index (χ3n) is 6.19. The van der Waals surface area contributed by atoms with Gasteiger partial charge in [-0.3, -0.25) is 4.79 Å². The summed E-state index contributed by atoms with van der Waals surface area (Å²) in [6, 6.07) is 15.7. The molecule has 0 bridgehead atoms. The van der Waals surface area contributed by atoms with Crippen LogP contribution in [0.4, 0.5) is 15.9 Å². The summed E-state index contributed by atoms with van der Waals surface area (Å²) in [6.07, 6.45) is 1.91. The molecular formula is C27H30FN3O3. The predicted molar refractivity (Wildman–Crippen MR) is 131 cm³/mol. The molecule has 3 aromatic rings. The fraction of sp³-hybridized carbons (Fsp3) is 0.333. The average molecular weight is 464 g/mol. The molecule has 3 atom stereocenters. The van der Waals surface area contributed by atoms with E-state index < -0.39 is 5.82 Å². The zero-order chi connectivity index (χ0) is 24.2. The fourth-order valence-electron chi connectivity index (χ4n) is 4.51. The molecule has 178 valence electrons. The maximum atomic E-state index is 15.1. The fourth-order valence-corrected chi connectivity index (χ4v) is 4.51. The number of halogens is 1. The number of ketones is 1. The number of anilines is 2. The number of pyridine rings is 1. The molecule has 6 nitrogen and oxygen atoms in total. The number of benzene rings is 2. The Morgan fingerprint density at radius 3 is 2.53 bits per heavy atom. The molecule has 1 aliphatic heterocycles. The van der Waals surface area contributed by atoms with E-state index >= 15 is 4.39 Å². The van der Waals surface area contributed by atoms with Crippen LogP contribution in [-0.2, 0) is 4.74 Å². The van der Waals surface area contributed by atoms with E-state index in [9.17, 15) is 9.90 Å². The molecule has 34 heavy (non-hydrogen) atoms. The summed E-state index contributed by atoms with van der Waals surface area (Å²) < 4.78 is 20.9. The molecule has 4 rings (SSSR count). The van der Waals surface area contributed by atoms with Crippen molar-refractivity contribution in [2.45, 2.75) is 38.4 Å². The number of nitrogens with zero attached hydrogens (tertiary/aromatic N) is 2. The van der Waals surface area contributed by atoms with Crippen LogP contribution in [0.25, 0.3) is 11.1 Å². The molecule has 1 saturated heterocycles. The molecule has 7 heteroatoms. The quantitative estimate of drug-likeness (QED) is 0.504. The van der Waals surface area contributed by atoms with E-state index in [4.69, 9.17) is 10.5 Å². The molecule has 1 aromatic heterocycles. The second-order valence-corrected chi connectivity index (χ2v) is 8.90. The number of nitrogens with two attached hydrogens (primary N) is 1. The summed E-state index contributed by atoms with van der Waals surface area (Å²) in [5, 5.41) is 9.76. The van der Waals surface area contributed by atoms with Crippen LogP contribution in [0.2, 0.25) is 0 Å². The minimum absolute atomic E-state index is 0.00311. The van der Waals surface area contributed by atoms with Gasteiger partial charge in [0.25, 0.3) is 0 Å². The number of hydrogen-bond acceptors (Lipinski definition) is 6. The monoisotopic (exact) mass is 463 g/mol. The first kappa shape index (κ1) is 23.9.